The van der Waals surface area contributed by atoms with E-state index in [9.17, 15) is 0 Å². The van der Waals surface area contributed by atoms with Crippen molar-refractivity contribution in [1.29, 1.82) is 0 Å². The molecular weight excluding hydrogens is 212 g/mol. The zero-order valence-corrected chi connectivity index (χ0v) is 10.4. The van der Waals surface area contributed by atoms with E-state index in [-0.39, 0.29) is 0 Å². The SMILES string of the molecule is CNCCCc1coc(-c2ccc(C)cc2)n1. The lowest BCUT2D eigenvalue weighted by Gasteiger charge is -1.96. The molecule has 0 saturated carbocycles. The van der Waals surface area contributed by atoms with Crippen molar-refractivity contribution in [3.05, 3.63) is 41.8 Å². The van der Waals surface area contributed by atoms with Crippen molar-refractivity contribution in [2.24, 2.45) is 0 Å². The second kappa shape index (κ2) is 5.64. The van der Waals surface area contributed by atoms with Crippen LogP contribution in [0, 0.1) is 6.92 Å². The van der Waals surface area contributed by atoms with Crippen LogP contribution in [0.5, 0.6) is 0 Å². The molecule has 2 aromatic rings. The average Bonchev–Trinajstić information content (AvgIpc) is 2.79. The third-order valence-corrected chi connectivity index (χ3v) is 2.71. The first-order valence-electron chi connectivity index (χ1n) is 5.95. The van der Waals surface area contributed by atoms with Crippen molar-refractivity contribution in [2.45, 2.75) is 19.8 Å². The van der Waals surface area contributed by atoms with Crippen molar-refractivity contribution in [1.82, 2.24) is 10.3 Å². The maximum absolute atomic E-state index is 5.49. The molecule has 0 aliphatic heterocycles. The summed E-state index contributed by atoms with van der Waals surface area (Å²) in [5.74, 6) is 0.712. The molecule has 0 radical (unpaired) electrons. The lowest BCUT2D eigenvalue weighted by molar-refractivity contribution is 0.571. The highest BCUT2D eigenvalue weighted by Gasteiger charge is 2.05. The van der Waals surface area contributed by atoms with Crippen LogP contribution >= 0.6 is 0 Å². The van der Waals surface area contributed by atoms with Gasteiger partial charge < -0.3 is 9.73 Å². The molecule has 1 aromatic heterocycles. The fourth-order valence-corrected chi connectivity index (χ4v) is 1.70. The number of aryl methyl sites for hydroxylation is 2. The van der Waals surface area contributed by atoms with Crippen LogP contribution in [0.3, 0.4) is 0 Å². The van der Waals surface area contributed by atoms with Crippen LogP contribution in [0.1, 0.15) is 17.7 Å². The van der Waals surface area contributed by atoms with E-state index in [0.717, 1.165) is 30.6 Å². The van der Waals surface area contributed by atoms with Gasteiger partial charge in [0.25, 0.3) is 0 Å². The van der Waals surface area contributed by atoms with E-state index in [1.807, 2.05) is 19.2 Å². The smallest absolute Gasteiger partial charge is 0.226 e. The van der Waals surface area contributed by atoms with E-state index >= 15 is 0 Å². The third-order valence-electron chi connectivity index (χ3n) is 2.71. The summed E-state index contributed by atoms with van der Waals surface area (Å²) >= 11 is 0. The fourth-order valence-electron chi connectivity index (χ4n) is 1.70. The quantitative estimate of drug-likeness (QED) is 0.803. The average molecular weight is 230 g/mol. The summed E-state index contributed by atoms with van der Waals surface area (Å²) in [5.41, 5.74) is 3.31. The second-order valence-corrected chi connectivity index (χ2v) is 4.22. The predicted octanol–water partition coefficient (Wildman–Crippen LogP) is 2.80. The van der Waals surface area contributed by atoms with Gasteiger partial charge in [-0.25, -0.2) is 4.98 Å². The van der Waals surface area contributed by atoms with Crippen LogP contribution < -0.4 is 5.32 Å². The summed E-state index contributed by atoms with van der Waals surface area (Å²) in [6, 6.07) is 8.22. The largest absolute Gasteiger partial charge is 0.444 e. The molecule has 0 aliphatic rings. The van der Waals surface area contributed by atoms with Gasteiger partial charge in [-0.1, -0.05) is 17.7 Å². The van der Waals surface area contributed by atoms with Gasteiger partial charge in [-0.3, -0.25) is 0 Å². The molecule has 0 saturated heterocycles. The number of nitrogens with zero attached hydrogens (tertiary/aromatic N) is 1. The zero-order chi connectivity index (χ0) is 12.1. The Morgan fingerprint density at radius 1 is 1.24 bits per heavy atom. The number of rotatable bonds is 5. The van der Waals surface area contributed by atoms with Gasteiger partial charge in [0.15, 0.2) is 0 Å². The standard InChI is InChI=1S/C14H18N2O/c1-11-5-7-12(8-6-11)14-16-13(10-17-14)4-3-9-15-2/h5-8,10,15H,3-4,9H2,1-2H3. The van der Waals surface area contributed by atoms with Crippen LogP contribution in [-0.2, 0) is 6.42 Å². The molecule has 90 valence electrons. The Balaban J connectivity index is 2.04. The fraction of sp³-hybridized carbons (Fsp3) is 0.357. The van der Waals surface area contributed by atoms with Gasteiger partial charge in [0.1, 0.15) is 6.26 Å². The first-order valence-corrected chi connectivity index (χ1v) is 5.95. The van der Waals surface area contributed by atoms with Gasteiger partial charge in [-0.2, -0.15) is 0 Å². The first kappa shape index (κ1) is 11.9. The van der Waals surface area contributed by atoms with E-state index in [1.165, 1.54) is 5.56 Å². The number of hydrogen-bond acceptors (Lipinski definition) is 3. The van der Waals surface area contributed by atoms with Gasteiger partial charge in [0, 0.05) is 5.56 Å². The number of aromatic nitrogens is 1. The minimum atomic E-state index is 0.712. The number of nitrogens with one attached hydrogen (secondary N) is 1. The lowest BCUT2D eigenvalue weighted by atomic mass is 10.1. The van der Waals surface area contributed by atoms with E-state index in [1.54, 1.807) is 6.26 Å². The van der Waals surface area contributed by atoms with E-state index < -0.39 is 0 Å². The molecule has 0 spiro atoms. The summed E-state index contributed by atoms with van der Waals surface area (Å²) in [6.07, 6.45) is 3.79. The van der Waals surface area contributed by atoms with Gasteiger partial charge in [-0.15, -0.1) is 0 Å². The molecule has 0 aliphatic carbocycles. The highest BCUT2D eigenvalue weighted by Crippen LogP contribution is 2.19. The molecule has 17 heavy (non-hydrogen) atoms. The Bertz CT molecular complexity index is 459. The normalized spacial score (nSPS) is 10.7. The van der Waals surface area contributed by atoms with Crippen molar-refractivity contribution >= 4 is 0 Å². The molecule has 1 aromatic carbocycles. The molecule has 1 heterocycles. The monoisotopic (exact) mass is 230 g/mol. The molecule has 0 unspecified atom stereocenters. The molecule has 0 fully saturated rings. The summed E-state index contributed by atoms with van der Waals surface area (Å²) in [4.78, 5) is 4.49. The van der Waals surface area contributed by atoms with Gasteiger partial charge in [0.05, 0.1) is 5.69 Å². The van der Waals surface area contributed by atoms with Crippen LogP contribution in [0.25, 0.3) is 11.5 Å². The van der Waals surface area contributed by atoms with Gasteiger partial charge in [-0.05, 0) is 45.5 Å². The number of oxazole rings is 1. The molecule has 2 rings (SSSR count). The molecule has 0 amide bonds. The third kappa shape index (κ3) is 3.17. The Labute approximate surface area is 102 Å². The van der Waals surface area contributed by atoms with Crippen molar-refractivity contribution in [3.63, 3.8) is 0 Å². The van der Waals surface area contributed by atoms with E-state index in [2.05, 4.69) is 29.4 Å². The Kier molecular flexibility index (Phi) is 3.94. The summed E-state index contributed by atoms with van der Waals surface area (Å²) in [5, 5.41) is 3.12. The highest BCUT2D eigenvalue weighted by molar-refractivity contribution is 5.53. The van der Waals surface area contributed by atoms with Crippen molar-refractivity contribution in [2.75, 3.05) is 13.6 Å². The van der Waals surface area contributed by atoms with Crippen molar-refractivity contribution in [3.8, 4) is 11.5 Å². The summed E-state index contributed by atoms with van der Waals surface area (Å²) < 4.78 is 5.49. The van der Waals surface area contributed by atoms with Crippen molar-refractivity contribution < 1.29 is 4.42 Å². The maximum Gasteiger partial charge on any atom is 0.226 e. The lowest BCUT2D eigenvalue weighted by Crippen LogP contribution is -2.08. The predicted molar refractivity (Wildman–Crippen MR) is 68.9 cm³/mol. The van der Waals surface area contributed by atoms with Crippen LogP contribution in [0.4, 0.5) is 0 Å². The molecule has 3 nitrogen and oxygen atoms in total. The summed E-state index contributed by atoms with van der Waals surface area (Å²) in [7, 11) is 1.96. The summed E-state index contributed by atoms with van der Waals surface area (Å²) in [6.45, 7) is 3.08. The van der Waals surface area contributed by atoms with E-state index in [4.69, 9.17) is 4.42 Å². The minimum absolute atomic E-state index is 0.712. The molecule has 1 N–H and O–H groups in total. The van der Waals surface area contributed by atoms with Gasteiger partial charge in [0.2, 0.25) is 5.89 Å². The molecule has 3 heteroatoms. The zero-order valence-electron chi connectivity index (χ0n) is 10.4. The van der Waals surface area contributed by atoms with Gasteiger partial charge >= 0.3 is 0 Å². The Morgan fingerprint density at radius 2 is 2.00 bits per heavy atom. The highest BCUT2D eigenvalue weighted by atomic mass is 16.3. The Hall–Kier alpha value is -1.61. The van der Waals surface area contributed by atoms with E-state index in [0.29, 0.717) is 5.89 Å². The topological polar surface area (TPSA) is 38.1 Å². The number of hydrogen-bond donors (Lipinski definition) is 1. The van der Waals surface area contributed by atoms with Crippen LogP contribution in [0.2, 0.25) is 0 Å². The molecular formula is C14H18N2O. The van der Waals surface area contributed by atoms with Crippen LogP contribution in [0.15, 0.2) is 34.9 Å². The second-order valence-electron chi connectivity index (χ2n) is 4.22. The molecule has 0 atom stereocenters. The minimum Gasteiger partial charge on any atom is -0.444 e. The maximum atomic E-state index is 5.49. The first-order chi connectivity index (χ1) is 8.29. The Morgan fingerprint density at radius 3 is 2.71 bits per heavy atom. The number of benzene rings is 1. The van der Waals surface area contributed by atoms with Crippen LogP contribution in [-0.4, -0.2) is 18.6 Å². The molecule has 0 bridgehead atoms.